The van der Waals surface area contributed by atoms with Crippen LogP contribution in [0.1, 0.15) is 97.3 Å². The zero-order valence-electron chi connectivity index (χ0n) is 18.0. The highest BCUT2D eigenvalue weighted by Gasteiger charge is 2.29. The van der Waals surface area contributed by atoms with Crippen molar-refractivity contribution in [3.05, 3.63) is 24.3 Å². The molecule has 2 aliphatic rings. The van der Waals surface area contributed by atoms with E-state index in [9.17, 15) is 0 Å². The molecule has 4 N–H and O–H groups in total. The molecule has 0 aliphatic heterocycles. The molecule has 0 unspecified atom stereocenters. The summed E-state index contributed by atoms with van der Waals surface area (Å²) in [5.74, 6) is 4.33. The van der Waals surface area contributed by atoms with Crippen LogP contribution in [0.3, 0.4) is 0 Å². The molecule has 27 heavy (non-hydrogen) atoms. The van der Waals surface area contributed by atoms with E-state index in [4.69, 9.17) is 11.5 Å². The van der Waals surface area contributed by atoms with Crippen molar-refractivity contribution in [2.45, 2.75) is 97.3 Å². The van der Waals surface area contributed by atoms with Gasteiger partial charge in [-0.25, -0.2) is 0 Å². The summed E-state index contributed by atoms with van der Waals surface area (Å²) in [5, 5.41) is 0. The van der Waals surface area contributed by atoms with Gasteiger partial charge in [-0.05, 0) is 67.6 Å². The van der Waals surface area contributed by atoms with E-state index in [-0.39, 0.29) is 0 Å². The standard InChI is InChI=1S/C19H36.C6H8N2/c1-3-4-5-6-7-17-10-14-19(15-11-17)18-12-8-16(2)9-13-18;7-5-2-1-3-6(8)4-5/h16-19H,3-15H2,1-2H3;1-4H,7-8H2. The molecule has 0 amide bonds. The normalized spacial score (nSPS) is 28.2. The van der Waals surface area contributed by atoms with E-state index in [1.807, 2.05) is 6.07 Å². The Morgan fingerprint density at radius 2 is 1.33 bits per heavy atom. The number of rotatable bonds is 6. The predicted octanol–water partition coefficient (Wildman–Crippen LogP) is 7.44. The first-order chi connectivity index (χ1) is 13.1. The molecule has 2 fully saturated rings. The molecule has 0 spiro atoms. The van der Waals surface area contributed by atoms with Gasteiger partial charge in [-0.1, -0.05) is 77.7 Å². The molecule has 0 aromatic heterocycles. The Balaban J connectivity index is 0.000000273. The molecule has 0 radical (unpaired) electrons. The number of hydrogen-bond donors (Lipinski definition) is 2. The maximum Gasteiger partial charge on any atom is 0.0334 e. The summed E-state index contributed by atoms with van der Waals surface area (Å²) in [6.45, 7) is 4.76. The molecule has 2 heteroatoms. The third kappa shape index (κ3) is 8.58. The Kier molecular flexibility index (Phi) is 10.1. The maximum atomic E-state index is 5.38. The van der Waals surface area contributed by atoms with E-state index in [0.717, 1.165) is 23.7 Å². The van der Waals surface area contributed by atoms with Gasteiger partial charge in [-0.15, -0.1) is 0 Å². The number of unbranched alkanes of at least 4 members (excludes halogenated alkanes) is 3. The van der Waals surface area contributed by atoms with Crippen LogP contribution in [-0.2, 0) is 0 Å². The molecule has 1 aromatic carbocycles. The second-order valence-electron chi connectivity index (χ2n) is 9.32. The third-order valence-corrected chi connectivity index (χ3v) is 7.00. The van der Waals surface area contributed by atoms with Crippen molar-refractivity contribution in [2.75, 3.05) is 11.5 Å². The van der Waals surface area contributed by atoms with Crippen molar-refractivity contribution in [1.29, 1.82) is 0 Å². The van der Waals surface area contributed by atoms with Gasteiger partial charge in [0, 0.05) is 11.4 Å². The van der Waals surface area contributed by atoms with Gasteiger partial charge >= 0.3 is 0 Å². The molecule has 1 aromatic rings. The number of hydrogen-bond acceptors (Lipinski definition) is 2. The van der Waals surface area contributed by atoms with Crippen LogP contribution in [0.5, 0.6) is 0 Å². The summed E-state index contributed by atoms with van der Waals surface area (Å²) in [6.07, 6.45) is 19.7. The van der Waals surface area contributed by atoms with Crippen LogP contribution in [-0.4, -0.2) is 0 Å². The highest BCUT2D eigenvalue weighted by molar-refractivity contribution is 5.50. The van der Waals surface area contributed by atoms with E-state index in [1.165, 1.54) is 44.9 Å². The minimum absolute atomic E-state index is 0.713. The average Bonchev–Trinajstić information content (AvgIpc) is 2.67. The van der Waals surface area contributed by atoms with Gasteiger partial charge in [-0.2, -0.15) is 0 Å². The van der Waals surface area contributed by atoms with Crippen LogP contribution in [0.15, 0.2) is 24.3 Å². The summed E-state index contributed by atoms with van der Waals surface area (Å²) >= 11 is 0. The van der Waals surface area contributed by atoms with Crippen molar-refractivity contribution < 1.29 is 0 Å². The van der Waals surface area contributed by atoms with Crippen LogP contribution < -0.4 is 11.5 Å². The molecule has 0 atom stereocenters. The van der Waals surface area contributed by atoms with Crippen molar-refractivity contribution in [3.8, 4) is 0 Å². The summed E-state index contributed by atoms with van der Waals surface area (Å²) in [7, 11) is 0. The van der Waals surface area contributed by atoms with Crippen LogP contribution >= 0.6 is 0 Å². The maximum absolute atomic E-state index is 5.38. The van der Waals surface area contributed by atoms with Crippen molar-refractivity contribution >= 4 is 11.4 Å². The number of anilines is 2. The lowest BCUT2D eigenvalue weighted by molar-refractivity contribution is 0.146. The molecule has 3 rings (SSSR count). The highest BCUT2D eigenvalue weighted by atomic mass is 14.6. The zero-order chi connectivity index (χ0) is 19.5. The Bertz CT molecular complexity index is 480. The quantitative estimate of drug-likeness (QED) is 0.402. The first-order valence-corrected chi connectivity index (χ1v) is 11.7. The largest absolute Gasteiger partial charge is 0.399 e. The molecule has 2 aliphatic carbocycles. The minimum atomic E-state index is 0.713. The summed E-state index contributed by atoms with van der Waals surface area (Å²) in [4.78, 5) is 0. The van der Waals surface area contributed by atoms with Gasteiger partial charge in [0.25, 0.3) is 0 Å². The molecule has 0 bridgehead atoms. The zero-order valence-corrected chi connectivity index (χ0v) is 18.0. The fraction of sp³-hybridized carbons (Fsp3) is 0.760. The van der Waals surface area contributed by atoms with E-state index < -0.39 is 0 Å². The summed E-state index contributed by atoms with van der Waals surface area (Å²) in [6, 6.07) is 7.15. The van der Waals surface area contributed by atoms with Gasteiger partial charge in [-0.3, -0.25) is 0 Å². The number of nitrogen functional groups attached to an aromatic ring is 2. The van der Waals surface area contributed by atoms with E-state index in [0.29, 0.717) is 11.4 Å². The SMILES string of the molecule is CCCCCCC1CCC(C2CCC(C)CC2)CC1.Nc1cccc(N)c1. The Morgan fingerprint density at radius 3 is 1.81 bits per heavy atom. The topological polar surface area (TPSA) is 52.0 Å². The molecular weight excluding hydrogens is 328 g/mol. The minimum Gasteiger partial charge on any atom is -0.399 e. The molecule has 2 saturated carbocycles. The summed E-state index contributed by atoms with van der Waals surface area (Å²) < 4.78 is 0. The van der Waals surface area contributed by atoms with Crippen LogP contribution in [0.25, 0.3) is 0 Å². The van der Waals surface area contributed by atoms with Gasteiger partial charge in [0.15, 0.2) is 0 Å². The second-order valence-corrected chi connectivity index (χ2v) is 9.32. The first-order valence-electron chi connectivity index (χ1n) is 11.7. The van der Waals surface area contributed by atoms with Gasteiger partial charge in [0.1, 0.15) is 0 Å². The van der Waals surface area contributed by atoms with Gasteiger partial charge < -0.3 is 11.5 Å². The first kappa shape index (κ1) is 22.1. The third-order valence-electron chi connectivity index (χ3n) is 7.00. The van der Waals surface area contributed by atoms with Gasteiger partial charge in [0.2, 0.25) is 0 Å². The van der Waals surface area contributed by atoms with E-state index >= 15 is 0 Å². The lowest BCUT2D eigenvalue weighted by atomic mass is 9.69. The lowest BCUT2D eigenvalue weighted by Crippen LogP contribution is -2.25. The molecule has 154 valence electrons. The molecular formula is C25H44N2. The second kappa shape index (κ2) is 12.3. The highest BCUT2D eigenvalue weighted by Crippen LogP contribution is 2.42. The Morgan fingerprint density at radius 1 is 0.778 bits per heavy atom. The van der Waals surface area contributed by atoms with Crippen molar-refractivity contribution in [1.82, 2.24) is 0 Å². The summed E-state index contributed by atoms with van der Waals surface area (Å²) in [5.41, 5.74) is 12.2. The molecule has 0 heterocycles. The predicted molar refractivity (Wildman–Crippen MR) is 121 cm³/mol. The van der Waals surface area contributed by atoms with Crippen LogP contribution in [0.2, 0.25) is 0 Å². The fourth-order valence-corrected chi connectivity index (χ4v) is 5.12. The smallest absolute Gasteiger partial charge is 0.0334 e. The molecule has 2 nitrogen and oxygen atoms in total. The van der Waals surface area contributed by atoms with Gasteiger partial charge in [0.05, 0.1) is 0 Å². The molecule has 0 saturated heterocycles. The Labute approximate surface area is 168 Å². The average molecular weight is 373 g/mol. The Hall–Kier alpha value is -1.18. The monoisotopic (exact) mass is 372 g/mol. The number of benzene rings is 1. The van der Waals surface area contributed by atoms with Crippen LogP contribution in [0, 0.1) is 23.7 Å². The van der Waals surface area contributed by atoms with Crippen molar-refractivity contribution in [3.63, 3.8) is 0 Å². The van der Waals surface area contributed by atoms with Crippen LogP contribution in [0.4, 0.5) is 11.4 Å². The van der Waals surface area contributed by atoms with E-state index in [1.54, 1.807) is 56.7 Å². The van der Waals surface area contributed by atoms with E-state index in [2.05, 4.69) is 13.8 Å². The number of nitrogens with two attached hydrogens (primary N) is 2. The van der Waals surface area contributed by atoms with Crippen molar-refractivity contribution in [2.24, 2.45) is 23.7 Å². The lowest BCUT2D eigenvalue weighted by Gasteiger charge is -2.37. The fourth-order valence-electron chi connectivity index (χ4n) is 5.12.